The van der Waals surface area contributed by atoms with Gasteiger partial charge in [0.25, 0.3) is 0 Å². The molecule has 0 bridgehead atoms. The van der Waals surface area contributed by atoms with Gasteiger partial charge in [-0.3, -0.25) is 0 Å². The molecule has 3 rings (SSSR count). The number of guanidine groups is 1. The van der Waals surface area contributed by atoms with E-state index in [1.54, 1.807) is 0 Å². The van der Waals surface area contributed by atoms with Gasteiger partial charge in [-0.05, 0) is 37.6 Å². The Kier molecular flexibility index (Phi) is 8.02. The molecule has 0 saturated heterocycles. The molecule has 0 saturated carbocycles. The van der Waals surface area contributed by atoms with E-state index in [4.69, 9.17) is 19.9 Å². The van der Waals surface area contributed by atoms with Crippen molar-refractivity contribution in [2.45, 2.75) is 26.4 Å². The molecule has 27 heavy (non-hydrogen) atoms. The summed E-state index contributed by atoms with van der Waals surface area (Å²) in [5, 5.41) is 3.11. The molecule has 1 unspecified atom stereocenters. The highest BCUT2D eigenvalue weighted by Crippen LogP contribution is 2.30. The first-order valence-electron chi connectivity index (χ1n) is 8.90. The van der Waals surface area contributed by atoms with Crippen LogP contribution >= 0.6 is 24.0 Å². The lowest BCUT2D eigenvalue weighted by atomic mass is 10.1. The fourth-order valence-corrected chi connectivity index (χ4v) is 2.88. The summed E-state index contributed by atoms with van der Waals surface area (Å²) in [6.07, 6.45) is 0.852. The van der Waals surface area contributed by atoms with Gasteiger partial charge in [-0.25, -0.2) is 4.99 Å². The summed E-state index contributed by atoms with van der Waals surface area (Å²) in [4.78, 5) is 4.42. The lowest BCUT2D eigenvalue weighted by molar-refractivity contribution is 0.242. The summed E-state index contributed by atoms with van der Waals surface area (Å²) >= 11 is 0. The average molecular weight is 483 g/mol. The van der Waals surface area contributed by atoms with Gasteiger partial charge < -0.3 is 25.3 Å². The molecule has 0 fully saturated rings. The molecule has 1 aliphatic heterocycles. The topological polar surface area (TPSA) is 78.1 Å². The molecule has 0 aliphatic carbocycles. The maximum Gasteiger partial charge on any atom is 0.193 e. The minimum Gasteiger partial charge on any atom is -0.494 e. The van der Waals surface area contributed by atoms with Crippen LogP contribution in [0.5, 0.6) is 17.2 Å². The lowest BCUT2D eigenvalue weighted by Gasteiger charge is -2.14. The highest BCUT2D eigenvalue weighted by molar-refractivity contribution is 14.0. The van der Waals surface area contributed by atoms with E-state index in [0.29, 0.717) is 31.5 Å². The normalized spacial score (nSPS) is 15.3. The smallest absolute Gasteiger partial charge is 0.193 e. The first kappa shape index (κ1) is 21.1. The number of fused-ring (bicyclic) bond motifs is 1. The number of nitrogens with two attached hydrogens (primary N) is 1. The van der Waals surface area contributed by atoms with E-state index < -0.39 is 0 Å². The number of ether oxygens (including phenoxy) is 3. The van der Waals surface area contributed by atoms with Gasteiger partial charge in [0, 0.05) is 12.5 Å². The van der Waals surface area contributed by atoms with Crippen molar-refractivity contribution in [1.29, 1.82) is 0 Å². The van der Waals surface area contributed by atoms with Gasteiger partial charge in [0.2, 0.25) is 0 Å². The number of nitrogens with zero attached hydrogens (tertiary/aromatic N) is 1. The van der Waals surface area contributed by atoms with Crippen molar-refractivity contribution in [3.05, 3.63) is 48.0 Å². The summed E-state index contributed by atoms with van der Waals surface area (Å²) in [6, 6.07) is 13.6. The van der Waals surface area contributed by atoms with Crippen LogP contribution in [0, 0.1) is 0 Å². The monoisotopic (exact) mass is 483 g/mol. The Balaban J connectivity index is 0.00000261. The third-order valence-electron chi connectivity index (χ3n) is 4.00. The van der Waals surface area contributed by atoms with Crippen molar-refractivity contribution in [3.63, 3.8) is 0 Å². The Bertz CT molecular complexity index is 758. The number of hydrogen-bond acceptors (Lipinski definition) is 4. The van der Waals surface area contributed by atoms with E-state index in [-0.39, 0.29) is 30.1 Å². The molecule has 0 radical (unpaired) electrons. The van der Waals surface area contributed by atoms with Crippen LogP contribution < -0.4 is 25.3 Å². The Morgan fingerprint density at radius 1 is 1.19 bits per heavy atom. The Hall–Kier alpha value is -2.16. The van der Waals surface area contributed by atoms with Crippen LogP contribution in [0.2, 0.25) is 0 Å². The minimum atomic E-state index is 0. The van der Waals surface area contributed by atoms with Crippen LogP contribution in [0.4, 0.5) is 5.69 Å². The number of rotatable bonds is 7. The minimum absolute atomic E-state index is 0. The van der Waals surface area contributed by atoms with Crippen molar-refractivity contribution in [3.8, 4) is 17.2 Å². The summed E-state index contributed by atoms with van der Waals surface area (Å²) in [5.74, 6) is 2.71. The fourth-order valence-electron chi connectivity index (χ4n) is 2.88. The van der Waals surface area contributed by atoms with Gasteiger partial charge in [-0.2, -0.15) is 0 Å². The maximum absolute atomic E-state index is 6.06. The summed E-state index contributed by atoms with van der Waals surface area (Å²) < 4.78 is 17.1. The second-order valence-electron chi connectivity index (χ2n) is 5.93. The van der Waals surface area contributed by atoms with Crippen LogP contribution in [0.3, 0.4) is 0 Å². The number of halogens is 1. The van der Waals surface area contributed by atoms with E-state index in [1.807, 2.05) is 50.2 Å². The molecule has 1 heterocycles. The third-order valence-corrected chi connectivity index (χ3v) is 4.00. The molecule has 1 aliphatic rings. The van der Waals surface area contributed by atoms with Crippen molar-refractivity contribution >= 4 is 35.6 Å². The van der Waals surface area contributed by atoms with Crippen molar-refractivity contribution < 1.29 is 14.2 Å². The number of anilines is 1. The molecule has 0 amide bonds. The van der Waals surface area contributed by atoms with Gasteiger partial charge in [0.1, 0.15) is 23.4 Å². The van der Waals surface area contributed by atoms with Gasteiger partial charge in [0.05, 0.1) is 25.4 Å². The molecule has 2 aromatic rings. The first-order valence-corrected chi connectivity index (χ1v) is 8.90. The van der Waals surface area contributed by atoms with E-state index in [9.17, 15) is 0 Å². The standard InChI is InChI=1S/C20H25N3O3.HI/c1-3-24-15-9-10-19(25-4-2)17(12-15)23-20(21)22-13-16-11-14-7-5-6-8-18(14)26-16;/h5-10,12,16H,3-4,11,13H2,1-2H3,(H3,21,22,23);1H. The summed E-state index contributed by atoms with van der Waals surface area (Å²) in [5.41, 5.74) is 8.01. The van der Waals surface area contributed by atoms with Crippen LogP contribution in [-0.4, -0.2) is 31.8 Å². The molecule has 0 spiro atoms. The predicted molar refractivity (Wildman–Crippen MR) is 119 cm³/mol. The van der Waals surface area contributed by atoms with Crippen LogP contribution in [0.15, 0.2) is 47.5 Å². The van der Waals surface area contributed by atoms with Gasteiger partial charge in [-0.15, -0.1) is 24.0 Å². The summed E-state index contributed by atoms with van der Waals surface area (Å²) in [7, 11) is 0. The molecule has 1 atom stereocenters. The van der Waals surface area contributed by atoms with E-state index in [0.717, 1.165) is 23.6 Å². The fraction of sp³-hybridized carbons (Fsp3) is 0.350. The van der Waals surface area contributed by atoms with Crippen LogP contribution in [0.1, 0.15) is 19.4 Å². The molecular formula is C20H26IN3O3. The summed E-state index contributed by atoms with van der Waals surface area (Å²) in [6.45, 7) is 5.53. The molecule has 7 heteroatoms. The van der Waals surface area contributed by atoms with Crippen molar-refractivity contribution in [2.75, 3.05) is 25.1 Å². The largest absolute Gasteiger partial charge is 0.494 e. The SMILES string of the molecule is CCOc1ccc(OCC)c(NC(N)=NCC2Cc3ccccc3O2)c1.I. The molecule has 0 aromatic heterocycles. The maximum atomic E-state index is 6.06. The number of aliphatic imine (C=N–C) groups is 1. The first-order chi connectivity index (χ1) is 12.7. The number of hydrogen-bond donors (Lipinski definition) is 2. The zero-order valence-electron chi connectivity index (χ0n) is 15.6. The Morgan fingerprint density at radius 2 is 1.96 bits per heavy atom. The second-order valence-corrected chi connectivity index (χ2v) is 5.93. The average Bonchev–Trinajstić information content (AvgIpc) is 3.05. The Labute approximate surface area is 177 Å². The number of nitrogens with one attached hydrogen (secondary N) is 1. The zero-order valence-corrected chi connectivity index (χ0v) is 17.9. The molecule has 6 nitrogen and oxygen atoms in total. The quantitative estimate of drug-likeness (QED) is 0.356. The molecule has 146 valence electrons. The molecule has 2 aromatic carbocycles. The van der Waals surface area contributed by atoms with E-state index in [1.165, 1.54) is 5.56 Å². The van der Waals surface area contributed by atoms with Gasteiger partial charge in [-0.1, -0.05) is 18.2 Å². The Morgan fingerprint density at radius 3 is 2.70 bits per heavy atom. The van der Waals surface area contributed by atoms with E-state index >= 15 is 0 Å². The van der Waals surface area contributed by atoms with Gasteiger partial charge in [0.15, 0.2) is 5.96 Å². The van der Waals surface area contributed by atoms with E-state index in [2.05, 4.69) is 16.4 Å². The highest BCUT2D eigenvalue weighted by Gasteiger charge is 2.21. The highest BCUT2D eigenvalue weighted by atomic mass is 127. The lowest BCUT2D eigenvalue weighted by Crippen LogP contribution is -2.26. The van der Waals surface area contributed by atoms with Crippen molar-refractivity contribution in [1.82, 2.24) is 0 Å². The third kappa shape index (κ3) is 5.66. The van der Waals surface area contributed by atoms with Gasteiger partial charge >= 0.3 is 0 Å². The number of benzene rings is 2. The van der Waals surface area contributed by atoms with Crippen molar-refractivity contribution in [2.24, 2.45) is 10.7 Å². The molecular weight excluding hydrogens is 457 g/mol. The molecule has 3 N–H and O–H groups in total. The number of para-hydroxylation sites is 1. The zero-order chi connectivity index (χ0) is 18.4. The van der Waals surface area contributed by atoms with Crippen LogP contribution in [-0.2, 0) is 6.42 Å². The second kappa shape index (κ2) is 10.2. The predicted octanol–water partition coefficient (Wildman–Crippen LogP) is 3.83. The van der Waals surface area contributed by atoms with Crippen LogP contribution in [0.25, 0.3) is 0 Å².